The van der Waals surface area contributed by atoms with E-state index in [1.54, 1.807) is 0 Å². The molecule has 2 amide bonds. The van der Waals surface area contributed by atoms with Crippen LogP contribution in [-0.2, 0) is 7.05 Å². The summed E-state index contributed by atoms with van der Waals surface area (Å²) in [6, 6.07) is 18.4. The van der Waals surface area contributed by atoms with E-state index in [1.807, 2.05) is 41.0 Å². The SMILES string of the molecule is C[C@@H]1CCN(C)c2ccc(-c3cccc(N4CCCC4)c3)nc2N1C(=O)Nc1ccc2c(cnn2C)c1. The van der Waals surface area contributed by atoms with Crippen molar-refractivity contribution in [3.8, 4) is 11.3 Å². The van der Waals surface area contributed by atoms with Gasteiger partial charge in [0.15, 0.2) is 5.82 Å². The summed E-state index contributed by atoms with van der Waals surface area (Å²) in [5.41, 5.74) is 5.90. The number of aromatic nitrogens is 3. The van der Waals surface area contributed by atoms with Crippen LogP contribution in [0.3, 0.4) is 0 Å². The largest absolute Gasteiger partial charge is 0.372 e. The lowest BCUT2D eigenvalue weighted by molar-refractivity contribution is 0.255. The number of fused-ring (bicyclic) bond motifs is 2. The summed E-state index contributed by atoms with van der Waals surface area (Å²) in [6.45, 7) is 5.14. The van der Waals surface area contributed by atoms with Gasteiger partial charge in [-0.05, 0) is 68.7 Å². The zero-order chi connectivity index (χ0) is 25.5. The van der Waals surface area contributed by atoms with Gasteiger partial charge in [-0.1, -0.05) is 12.1 Å². The first-order chi connectivity index (χ1) is 18.0. The minimum Gasteiger partial charge on any atom is -0.372 e. The predicted octanol–water partition coefficient (Wildman–Crippen LogP) is 5.50. The van der Waals surface area contributed by atoms with Crippen LogP contribution in [0.15, 0.2) is 60.8 Å². The average molecular weight is 496 g/mol. The minimum absolute atomic E-state index is 0.00972. The van der Waals surface area contributed by atoms with Crippen LogP contribution in [0, 0.1) is 0 Å². The summed E-state index contributed by atoms with van der Waals surface area (Å²) in [4.78, 5) is 25.3. The van der Waals surface area contributed by atoms with Crippen molar-refractivity contribution in [1.82, 2.24) is 14.8 Å². The molecule has 0 radical (unpaired) electrons. The molecule has 1 N–H and O–H groups in total. The van der Waals surface area contributed by atoms with Crippen molar-refractivity contribution in [1.29, 1.82) is 0 Å². The molecule has 2 aromatic heterocycles. The van der Waals surface area contributed by atoms with Crippen molar-refractivity contribution in [2.45, 2.75) is 32.2 Å². The first-order valence-corrected chi connectivity index (χ1v) is 13.1. The number of urea groups is 1. The zero-order valence-electron chi connectivity index (χ0n) is 21.7. The molecule has 2 aromatic carbocycles. The fourth-order valence-electron chi connectivity index (χ4n) is 5.47. The summed E-state index contributed by atoms with van der Waals surface area (Å²) < 4.78 is 1.83. The predicted molar refractivity (Wildman–Crippen MR) is 151 cm³/mol. The smallest absolute Gasteiger partial charge is 0.327 e. The Labute approximate surface area is 217 Å². The Hall–Kier alpha value is -4.07. The maximum absolute atomic E-state index is 13.7. The molecule has 1 fully saturated rings. The fraction of sp³-hybridized carbons (Fsp3) is 0.345. The summed E-state index contributed by atoms with van der Waals surface area (Å²) in [5, 5.41) is 8.42. The van der Waals surface area contributed by atoms with Gasteiger partial charge >= 0.3 is 6.03 Å². The molecule has 8 heteroatoms. The molecule has 0 bridgehead atoms. The topological polar surface area (TPSA) is 69.5 Å². The van der Waals surface area contributed by atoms with E-state index >= 15 is 0 Å². The van der Waals surface area contributed by atoms with E-state index in [1.165, 1.54) is 18.5 Å². The van der Waals surface area contributed by atoms with E-state index in [9.17, 15) is 4.79 Å². The van der Waals surface area contributed by atoms with Crippen molar-refractivity contribution >= 4 is 39.8 Å². The van der Waals surface area contributed by atoms with Crippen molar-refractivity contribution in [3.05, 3.63) is 60.8 Å². The third kappa shape index (κ3) is 4.37. The molecule has 2 aliphatic heterocycles. The van der Waals surface area contributed by atoms with Crippen LogP contribution in [0.2, 0.25) is 0 Å². The molecule has 190 valence electrons. The van der Waals surface area contributed by atoms with Crippen molar-refractivity contribution < 1.29 is 4.79 Å². The summed E-state index contributed by atoms with van der Waals surface area (Å²) in [6.07, 6.45) is 5.14. The van der Waals surface area contributed by atoms with Gasteiger partial charge in [0.05, 0.1) is 23.1 Å². The Morgan fingerprint density at radius 1 is 1.00 bits per heavy atom. The number of carbonyl (C=O) groups excluding carboxylic acids is 1. The summed E-state index contributed by atoms with van der Waals surface area (Å²) >= 11 is 0. The molecule has 1 saturated heterocycles. The van der Waals surface area contributed by atoms with E-state index in [2.05, 4.69) is 70.6 Å². The number of anilines is 4. The summed E-state index contributed by atoms with van der Waals surface area (Å²) in [7, 11) is 3.98. The van der Waals surface area contributed by atoms with Gasteiger partial charge in [0.2, 0.25) is 0 Å². The number of aryl methyl sites for hydroxylation is 1. The van der Waals surface area contributed by atoms with Gasteiger partial charge in [0.25, 0.3) is 0 Å². The van der Waals surface area contributed by atoms with Crippen LogP contribution in [0.4, 0.5) is 27.7 Å². The number of hydrogen-bond acceptors (Lipinski definition) is 5. The second kappa shape index (κ2) is 9.42. The zero-order valence-corrected chi connectivity index (χ0v) is 21.7. The van der Waals surface area contributed by atoms with Crippen LogP contribution in [-0.4, -0.2) is 53.5 Å². The molecule has 0 saturated carbocycles. The van der Waals surface area contributed by atoms with Crippen LogP contribution in [0.5, 0.6) is 0 Å². The lowest BCUT2D eigenvalue weighted by atomic mass is 10.1. The maximum Gasteiger partial charge on any atom is 0.327 e. The Kier molecular flexibility index (Phi) is 5.94. The Morgan fingerprint density at radius 3 is 2.68 bits per heavy atom. The highest BCUT2D eigenvalue weighted by molar-refractivity contribution is 6.04. The number of amides is 2. The van der Waals surface area contributed by atoms with Gasteiger partial charge in [-0.15, -0.1) is 0 Å². The van der Waals surface area contributed by atoms with Crippen LogP contribution < -0.4 is 20.0 Å². The van der Waals surface area contributed by atoms with Gasteiger partial charge in [-0.3, -0.25) is 9.58 Å². The first kappa shape index (κ1) is 23.3. The molecular formula is C29H33N7O. The third-order valence-electron chi connectivity index (χ3n) is 7.65. The molecule has 8 nitrogen and oxygen atoms in total. The van der Waals surface area contributed by atoms with E-state index in [0.29, 0.717) is 5.82 Å². The molecule has 6 rings (SSSR count). The molecule has 0 spiro atoms. The van der Waals surface area contributed by atoms with E-state index in [4.69, 9.17) is 4.98 Å². The normalized spacial score (nSPS) is 17.7. The molecule has 0 aliphatic carbocycles. The highest BCUT2D eigenvalue weighted by atomic mass is 16.2. The number of benzene rings is 2. The van der Waals surface area contributed by atoms with E-state index in [0.717, 1.165) is 59.6 Å². The van der Waals surface area contributed by atoms with E-state index in [-0.39, 0.29) is 12.1 Å². The second-order valence-corrected chi connectivity index (χ2v) is 10.2. The van der Waals surface area contributed by atoms with Crippen LogP contribution >= 0.6 is 0 Å². The molecule has 4 aromatic rings. The van der Waals surface area contributed by atoms with Gasteiger partial charge in [0, 0.05) is 62.1 Å². The van der Waals surface area contributed by atoms with Crippen molar-refractivity contribution in [2.24, 2.45) is 7.05 Å². The van der Waals surface area contributed by atoms with E-state index < -0.39 is 0 Å². The molecule has 0 unspecified atom stereocenters. The first-order valence-electron chi connectivity index (χ1n) is 13.1. The fourth-order valence-corrected chi connectivity index (χ4v) is 5.47. The van der Waals surface area contributed by atoms with Crippen LogP contribution in [0.25, 0.3) is 22.2 Å². The van der Waals surface area contributed by atoms with Gasteiger partial charge in [0.1, 0.15) is 0 Å². The Morgan fingerprint density at radius 2 is 1.84 bits per heavy atom. The minimum atomic E-state index is -0.178. The van der Waals surface area contributed by atoms with Crippen molar-refractivity contribution in [3.63, 3.8) is 0 Å². The van der Waals surface area contributed by atoms with Gasteiger partial charge < -0.3 is 15.1 Å². The number of hydrogen-bond donors (Lipinski definition) is 1. The van der Waals surface area contributed by atoms with Crippen molar-refractivity contribution in [2.75, 3.05) is 46.7 Å². The van der Waals surface area contributed by atoms with Gasteiger partial charge in [-0.25, -0.2) is 9.78 Å². The maximum atomic E-state index is 13.7. The molecule has 1 atom stereocenters. The number of pyridine rings is 1. The van der Waals surface area contributed by atoms with Gasteiger partial charge in [-0.2, -0.15) is 5.10 Å². The number of nitrogens with zero attached hydrogens (tertiary/aromatic N) is 6. The summed E-state index contributed by atoms with van der Waals surface area (Å²) in [5.74, 6) is 0.691. The Bertz CT molecular complexity index is 1460. The highest BCUT2D eigenvalue weighted by Crippen LogP contribution is 2.36. The molecular weight excluding hydrogens is 462 g/mol. The Balaban J connectivity index is 1.35. The average Bonchev–Trinajstić information content (AvgIpc) is 3.55. The third-order valence-corrected chi connectivity index (χ3v) is 7.65. The molecule has 37 heavy (non-hydrogen) atoms. The number of carbonyl (C=O) groups is 1. The standard InChI is InChI=1S/C29H33N7O/c1-20-13-16-33(2)27-12-10-25(21-7-6-8-24(18-21)35-14-4-5-15-35)32-28(27)36(20)29(37)31-23-9-11-26-22(17-23)19-30-34(26)3/h6-12,17-20H,4-5,13-16H2,1-3H3,(H,31,37)/t20-/m1/s1. The lowest BCUT2D eigenvalue weighted by Crippen LogP contribution is -2.42. The quantitative estimate of drug-likeness (QED) is 0.406. The molecule has 2 aliphatic rings. The molecule has 4 heterocycles. The van der Waals surface area contributed by atoms with Crippen LogP contribution in [0.1, 0.15) is 26.2 Å². The second-order valence-electron chi connectivity index (χ2n) is 10.2. The number of rotatable bonds is 3. The lowest BCUT2D eigenvalue weighted by Gasteiger charge is -2.28. The number of nitrogens with one attached hydrogen (secondary N) is 1. The highest BCUT2D eigenvalue weighted by Gasteiger charge is 2.30. The monoisotopic (exact) mass is 495 g/mol.